The average Bonchev–Trinajstić information content (AvgIpc) is 2.76. The van der Waals surface area contributed by atoms with Crippen molar-refractivity contribution >= 4 is 29.1 Å². The Morgan fingerprint density at radius 1 is 1.19 bits per heavy atom. The molecule has 0 radical (unpaired) electrons. The lowest BCUT2D eigenvalue weighted by atomic mass is 9.96. The van der Waals surface area contributed by atoms with Crippen molar-refractivity contribution in [2.45, 2.75) is 24.9 Å². The molecule has 1 saturated heterocycles. The number of nitrogens with one attached hydrogen (secondary N) is 1. The number of nitrogens with two attached hydrogens (primary N) is 1. The third-order valence-electron chi connectivity index (χ3n) is 5.19. The zero-order valence-corrected chi connectivity index (χ0v) is 15.6. The van der Waals surface area contributed by atoms with Crippen LogP contribution in [-0.4, -0.2) is 42.5 Å². The summed E-state index contributed by atoms with van der Waals surface area (Å²) >= 11 is 6.15. The van der Waals surface area contributed by atoms with Crippen molar-refractivity contribution in [2.75, 3.05) is 19.0 Å². The standard InChI is InChI=1S/C20H20ClN3O3/c1-27-18-5-3-12(21)9-14(18)11-2-4-16-15(8-11)20(26)24-7-6-13(22)10-17(24)19(25)23-16/h2-5,8-9,13,17H,6-7,10,22H2,1H3,(H,23,25). The van der Waals surface area contributed by atoms with Crippen LogP contribution in [0, 0.1) is 0 Å². The second-order valence-electron chi connectivity index (χ2n) is 6.89. The number of benzene rings is 2. The summed E-state index contributed by atoms with van der Waals surface area (Å²) in [5.41, 5.74) is 8.56. The molecule has 0 spiro atoms. The highest BCUT2D eigenvalue weighted by molar-refractivity contribution is 6.31. The van der Waals surface area contributed by atoms with E-state index in [1.54, 1.807) is 42.3 Å². The number of carbonyl (C=O) groups excluding carboxylic acids is 2. The number of piperidine rings is 1. The fourth-order valence-electron chi connectivity index (χ4n) is 3.76. The molecule has 3 N–H and O–H groups in total. The molecular weight excluding hydrogens is 366 g/mol. The second-order valence-corrected chi connectivity index (χ2v) is 7.33. The van der Waals surface area contributed by atoms with Crippen LogP contribution in [0.1, 0.15) is 23.2 Å². The molecule has 4 rings (SSSR count). The number of rotatable bonds is 2. The van der Waals surface area contributed by atoms with E-state index in [2.05, 4.69) is 5.32 Å². The van der Waals surface area contributed by atoms with Crippen LogP contribution in [0.2, 0.25) is 5.02 Å². The topological polar surface area (TPSA) is 84.7 Å². The highest BCUT2D eigenvalue weighted by Crippen LogP contribution is 2.36. The Balaban J connectivity index is 1.79. The Hall–Kier alpha value is -2.57. The van der Waals surface area contributed by atoms with Gasteiger partial charge in [0.05, 0.1) is 18.4 Å². The molecule has 1 fully saturated rings. The summed E-state index contributed by atoms with van der Waals surface area (Å²) in [4.78, 5) is 27.4. The molecule has 2 amide bonds. The lowest BCUT2D eigenvalue weighted by Gasteiger charge is -2.35. The van der Waals surface area contributed by atoms with Crippen LogP contribution in [0.5, 0.6) is 5.75 Å². The minimum absolute atomic E-state index is 0.0719. The monoisotopic (exact) mass is 385 g/mol. The summed E-state index contributed by atoms with van der Waals surface area (Å²) in [7, 11) is 1.59. The Morgan fingerprint density at radius 2 is 2.00 bits per heavy atom. The SMILES string of the molecule is COc1ccc(Cl)cc1-c1ccc2c(c1)C(=O)N1CCC(N)CC1C(=O)N2. The Bertz CT molecular complexity index is 931. The number of methoxy groups -OCH3 is 1. The summed E-state index contributed by atoms with van der Waals surface area (Å²) in [6, 6.07) is 10.1. The number of nitrogens with zero attached hydrogens (tertiary/aromatic N) is 1. The molecule has 2 heterocycles. The highest BCUT2D eigenvalue weighted by Gasteiger charge is 2.39. The number of hydrogen-bond donors (Lipinski definition) is 2. The van der Waals surface area contributed by atoms with Gasteiger partial charge in [0.1, 0.15) is 11.8 Å². The normalized spacial score (nSPS) is 21.8. The summed E-state index contributed by atoms with van der Waals surface area (Å²) in [5, 5.41) is 3.45. The van der Waals surface area contributed by atoms with Crippen LogP contribution in [0.15, 0.2) is 36.4 Å². The molecule has 2 aliphatic rings. The molecule has 6 nitrogen and oxygen atoms in total. The van der Waals surface area contributed by atoms with Crippen molar-refractivity contribution < 1.29 is 14.3 Å². The first-order valence-electron chi connectivity index (χ1n) is 8.83. The first-order chi connectivity index (χ1) is 13.0. The van der Waals surface area contributed by atoms with Gasteiger partial charge in [0.2, 0.25) is 5.91 Å². The van der Waals surface area contributed by atoms with Crippen LogP contribution < -0.4 is 15.8 Å². The maximum atomic E-state index is 13.2. The van der Waals surface area contributed by atoms with Gasteiger partial charge in [-0.1, -0.05) is 17.7 Å². The quantitative estimate of drug-likeness (QED) is 0.832. The zero-order valence-electron chi connectivity index (χ0n) is 14.9. The van der Waals surface area contributed by atoms with E-state index >= 15 is 0 Å². The Morgan fingerprint density at radius 3 is 2.78 bits per heavy atom. The molecule has 27 heavy (non-hydrogen) atoms. The van der Waals surface area contributed by atoms with E-state index in [4.69, 9.17) is 22.1 Å². The highest BCUT2D eigenvalue weighted by atomic mass is 35.5. The minimum Gasteiger partial charge on any atom is -0.496 e. The van der Waals surface area contributed by atoms with Crippen LogP contribution in [0.3, 0.4) is 0 Å². The van der Waals surface area contributed by atoms with E-state index in [1.807, 2.05) is 6.07 Å². The van der Waals surface area contributed by atoms with Gasteiger partial charge in [-0.15, -0.1) is 0 Å². The second kappa shape index (κ2) is 6.87. The molecule has 0 aliphatic carbocycles. The van der Waals surface area contributed by atoms with Crippen LogP contribution in [0.25, 0.3) is 11.1 Å². The minimum atomic E-state index is -0.530. The number of halogens is 1. The Labute approximate surface area is 162 Å². The van der Waals surface area contributed by atoms with E-state index in [0.717, 1.165) is 11.1 Å². The van der Waals surface area contributed by atoms with Crippen molar-refractivity contribution in [2.24, 2.45) is 5.73 Å². The molecule has 0 aromatic heterocycles. The van der Waals surface area contributed by atoms with Gasteiger partial charge in [-0.25, -0.2) is 0 Å². The van der Waals surface area contributed by atoms with Gasteiger partial charge in [0, 0.05) is 23.2 Å². The lowest BCUT2D eigenvalue weighted by molar-refractivity contribution is -0.121. The molecule has 2 aromatic carbocycles. The fourth-order valence-corrected chi connectivity index (χ4v) is 3.93. The Kier molecular flexibility index (Phi) is 4.53. The first kappa shape index (κ1) is 17.8. The molecule has 2 aliphatic heterocycles. The maximum Gasteiger partial charge on any atom is 0.256 e. The average molecular weight is 386 g/mol. The van der Waals surface area contributed by atoms with Crippen molar-refractivity contribution in [3.05, 3.63) is 47.0 Å². The summed E-state index contributed by atoms with van der Waals surface area (Å²) < 4.78 is 5.43. The fraction of sp³-hybridized carbons (Fsp3) is 0.300. The van der Waals surface area contributed by atoms with Gasteiger partial charge in [-0.05, 0) is 48.7 Å². The van der Waals surface area contributed by atoms with E-state index in [9.17, 15) is 9.59 Å². The van der Waals surface area contributed by atoms with Crippen molar-refractivity contribution in [1.82, 2.24) is 4.90 Å². The van der Waals surface area contributed by atoms with E-state index < -0.39 is 6.04 Å². The number of fused-ring (bicyclic) bond motifs is 2. The van der Waals surface area contributed by atoms with Crippen molar-refractivity contribution in [1.29, 1.82) is 0 Å². The van der Waals surface area contributed by atoms with Gasteiger partial charge >= 0.3 is 0 Å². The molecular formula is C20H20ClN3O3. The van der Waals surface area contributed by atoms with Gasteiger partial charge in [-0.2, -0.15) is 0 Å². The maximum absolute atomic E-state index is 13.2. The lowest BCUT2D eigenvalue weighted by Crippen LogP contribution is -2.53. The number of amides is 2. The van der Waals surface area contributed by atoms with Crippen molar-refractivity contribution in [3.8, 4) is 16.9 Å². The summed E-state index contributed by atoms with van der Waals surface area (Å²) in [6.07, 6.45) is 1.16. The van der Waals surface area contributed by atoms with Gasteiger partial charge in [0.25, 0.3) is 5.91 Å². The van der Waals surface area contributed by atoms with Gasteiger partial charge in [-0.3, -0.25) is 9.59 Å². The number of ether oxygens (including phenoxy) is 1. The predicted molar refractivity (Wildman–Crippen MR) is 104 cm³/mol. The third kappa shape index (κ3) is 3.15. The largest absolute Gasteiger partial charge is 0.496 e. The predicted octanol–water partition coefficient (Wildman–Crippen LogP) is 2.90. The third-order valence-corrected chi connectivity index (χ3v) is 5.42. The molecule has 2 unspecified atom stereocenters. The summed E-state index contributed by atoms with van der Waals surface area (Å²) in [5.74, 6) is 0.305. The molecule has 0 saturated carbocycles. The van der Waals surface area contributed by atoms with E-state index in [1.165, 1.54) is 0 Å². The summed E-state index contributed by atoms with van der Waals surface area (Å²) in [6.45, 7) is 0.474. The number of carbonyl (C=O) groups is 2. The van der Waals surface area contributed by atoms with Crippen LogP contribution in [0.4, 0.5) is 5.69 Å². The molecule has 140 valence electrons. The molecule has 0 bridgehead atoms. The van der Waals surface area contributed by atoms with Crippen LogP contribution >= 0.6 is 11.6 Å². The molecule has 2 aromatic rings. The van der Waals surface area contributed by atoms with E-state index in [0.29, 0.717) is 41.4 Å². The molecule has 2 atom stereocenters. The number of hydrogen-bond acceptors (Lipinski definition) is 4. The van der Waals surface area contributed by atoms with Crippen LogP contribution in [-0.2, 0) is 4.79 Å². The van der Waals surface area contributed by atoms with E-state index in [-0.39, 0.29) is 17.9 Å². The van der Waals surface area contributed by atoms with Crippen molar-refractivity contribution in [3.63, 3.8) is 0 Å². The molecule has 7 heteroatoms. The zero-order chi connectivity index (χ0) is 19.1. The van der Waals surface area contributed by atoms with Gasteiger partial charge < -0.3 is 20.7 Å². The van der Waals surface area contributed by atoms with Gasteiger partial charge in [0.15, 0.2) is 0 Å². The smallest absolute Gasteiger partial charge is 0.256 e. The first-order valence-corrected chi connectivity index (χ1v) is 9.21. The number of anilines is 1.